The summed E-state index contributed by atoms with van der Waals surface area (Å²) < 4.78 is 11.5. The average molecular weight is 368 g/mol. The minimum Gasteiger partial charge on any atom is -0.371 e. The van der Waals surface area contributed by atoms with E-state index in [0.717, 1.165) is 35.5 Å². The van der Waals surface area contributed by atoms with Crippen molar-refractivity contribution in [1.29, 1.82) is 0 Å². The number of aliphatic hydroxyl groups is 1. The first-order valence-corrected chi connectivity index (χ1v) is 9.26. The fourth-order valence-corrected chi connectivity index (χ4v) is 3.63. The van der Waals surface area contributed by atoms with Gasteiger partial charge < -0.3 is 19.8 Å². The Kier molecular flexibility index (Phi) is 5.33. The number of pyridine rings is 1. The summed E-state index contributed by atoms with van der Waals surface area (Å²) in [5.74, 6) is -0.448. The van der Waals surface area contributed by atoms with Gasteiger partial charge in [0.25, 0.3) is 0 Å². The van der Waals surface area contributed by atoms with Gasteiger partial charge in [-0.25, -0.2) is 0 Å². The Labute approximate surface area is 158 Å². The molecule has 1 aliphatic heterocycles. The van der Waals surface area contributed by atoms with Crippen LogP contribution in [0.1, 0.15) is 42.3 Å². The second-order valence-electron chi connectivity index (χ2n) is 6.97. The number of aliphatic hydroxyl groups excluding tert-OH is 1. The Morgan fingerprint density at radius 2 is 1.93 bits per heavy atom. The molecule has 1 atom stereocenters. The molecule has 142 valence electrons. The van der Waals surface area contributed by atoms with Crippen LogP contribution in [0.2, 0.25) is 0 Å². The van der Waals surface area contributed by atoms with Gasteiger partial charge in [-0.05, 0) is 35.3 Å². The number of nitrogens with zero attached hydrogens (tertiary/aromatic N) is 2. The lowest BCUT2D eigenvalue weighted by molar-refractivity contribution is -0.208. The predicted octanol–water partition coefficient (Wildman–Crippen LogP) is 3.27. The summed E-state index contributed by atoms with van der Waals surface area (Å²) in [5, 5.41) is 21.7. The Hall–Kier alpha value is -2.09. The minimum absolute atomic E-state index is 0.216. The Morgan fingerprint density at radius 1 is 1.15 bits per heavy atom. The van der Waals surface area contributed by atoms with Gasteiger partial charge in [-0.1, -0.05) is 36.4 Å². The van der Waals surface area contributed by atoms with Crippen molar-refractivity contribution in [3.63, 3.8) is 0 Å². The highest BCUT2D eigenvalue weighted by molar-refractivity contribution is 5.66. The molecule has 6 heteroatoms. The number of allylic oxidation sites excluding steroid dienone is 1. The average Bonchev–Trinajstić information content (AvgIpc) is 3.17. The van der Waals surface area contributed by atoms with E-state index in [9.17, 15) is 10.3 Å². The highest BCUT2D eigenvalue weighted by Gasteiger charge is 2.37. The van der Waals surface area contributed by atoms with Gasteiger partial charge in [0, 0.05) is 19.0 Å². The molecule has 2 heterocycles. The van der Waals surface area contributed by atoms with Crippen molar-refractivity contribution in [2.45, 2.75) is 37.8 Å². The number of hydrogen-bond donors (Lipinski definition) is 2. The van der Waals surface area contributed by atoms with E-state index < -0.39 is 12.0 Å². The zero-order valence-corrected chi connectivity index (χ0v) is 15.1. The molecule has 1 spiro atoms. The molecule has 27 heavy (non-hydrogen) atoms. The zero-order valence-electron chi connectivity index (χ0n) is 15.1. The Balaban J connectivity index is 1.46. The highest BCUT2D eigenvalue weighted by Crippen LogP contribution is 2.38. The van der Waals surface area contributed by atoms with Gasteiger partial charge in [-0.2, -0.15) is 5.06 Å². The van der Waals surface area contributed by atoms with Crippen molar-refractivity contribution in [3.8, 4) is 0 Å². The second-order valence-corrected chi connectivity index (χ2v) is 6.97. The molecule has 0 radical (unpaired) electrons. The summed E-state index contributed by atoms with van der Waals surface area (Å²) in [6.45, 7) is 1.53. The first kappa shape index (κ1) is 18.3. The van der Waals surface area contributed by atoms with Gasteiger partial charge in [0.05, 0.1) is 25.5 Å². The number of rotatable bonds is 5. The molecular weight excluding hydrogens is 344 g/mol. The summed E-state index contributed by atoms with van der Waals surface area (Å²) in [4.78, 5) is 4.24. The van der Waals surface area contributed by atoms with E-state index in [2.05, 4.69) is 11.1 Å². The molecule has 6 nitrogen and oxygen atoms in total. The molecular formula is C21H24N2O4. The van der Waals surface area contributed by atoms with E-state index >= 15 is 0 Å². The first-order valence-electron chi connectivity index (χ1n) is 9.26. The monoisotopic (exact) mass is 368 g/mol. The van der Waals surface area contributed by atoms with Crippen molar-refractivity contribution in [3.05, 3.63) is 71.6 Å². The molecule has 2 aromatic rings. The summed E-state index contributed by atoms with van der Waals surface area (Å²) in [6, 6.07) is 13.3. The van der Waals surface area contributed by atoms with Crippen LogP contribution < -0.4 is 0 Å². The van der Waals surface area contributed by atoms with E-state index in [-0.39, 0.29) is 6.54 Å². The smallest absolute Gasteiger partial charge is 0.172 e. The van der Waals surface area contributed by atoms with Crippen molar-refractivity contribution in [2.24, 2.45) is 0 Å². The van der Waals surface area contributed by atoms with Gasteiger partial charge >= 0.3 is 0 Å². The number of benzene rings is 1. The quantitative estimate of drug-likeness (QED) is 0.623. The van der Waals surface area contributed by atoms with E-state index in [0.29, 0.717) is 18.9 Å². The molecule has 2 aliphatic rings. The molecule has 4 rings (SSSR count). The van der Waals surface area contributed by atoms with Gasteiger partial charge in [0.15, 0.2) is 12.0 Å². The van der Waals surface area contributed by atoms with Crippen LogP contribution in [0, 0.1) is 0 Å². The van der Waals surface area contributed by atoms with E-state index in [1.807, 2.05) is 42.5 Å². The lowest BCUT2D eigenvalue weighted by Gasteiger charge is -2.30. The molecule has 1 saturated heterocycles. The molecule has 2 N–H and O–H groups in total. The normalized spacial score (nSPS) is 20.0. The lowest BCUT2D eigenvalue weighted by atomic mass is 9.90. The third-order valence-electron chi connectivity index (χ3n) is 5.13. The number of hydrogen-bond acceptors (Lipinski definition) is 6. The zero-order chi connectivity index (χ0) is 18.7. The van der Waals surface area contributed by atoms with Crippen LogP contribution in [0.3, 0.4) is 0 Å². The van der Waals surface area contributed by atoms with Crippen LogP contribution in [-0.4, -0.2) is 39.4 Å². The van der Waals surface area contributed by atoms with Crippen LogP contribution in [0.4, 0.5) is 0 Å². The summed E-state index contributed by atoms with van der Waals surface area (Å²) in [5.41, 5.74) is 3.51. The molecule has 0 saturated carbocycles. The van der Waals surface area contributed by atoms with Gasteiger partial charge in [-0.3, -0.25) is 4.98 Å². The maximum absolute atomic E-state index is 10.5. The fourth-order valence-electron chi connectivity index (χ4n) is 3.63. The fraction of sp³-hybridized carbons (Fsp3) is 0.381. The standard InChI is InChI=1S/C21H24N2O4/c24-20(23(25)15-16-4-2-1-3-5-16)19-14-18(8-11-22-19)17-6-9-21(10-7-17)26-12-13-27-21/h1-6,8,11,14,20,24-25H,7,9-10,12-13,15H2. The maximum atomic E-state index is 10.5. The largest absolute Gasteiger partial charge is 0.371 e. The molecule has 1 aromatic carbocycles. The molecule has 1 unspecified atom stereocenters. The molecule has 1 fully saturated rings. The van der Waals surface area contributed by atoms with Gasteiger partial charge in [0.1, 0.15) is 0 Å². The predicted molar refractivity (Wildman–Crippen MR) is 99.4 cm³/mol. The topological polar surface area (TPSA) is 75.0 Å². The number of ether oxygens (including phenoxy) is 2. The Morgan fingerprint density at radius 3 is 2.63 bits per heavy atom. The lowest BCUT2D eigenvalue weighted by Crippen LogP contribution is -2.31. The summed E-state index contributed by atoms with van der Waals surface area (Å²) in [7, 11) is 0. The van der Waals surface area contributed by atoms with Crippen LogP contribution in [0.15, 0.2) is 54.7 Å². The van der Waals surface area contributed by atoms with Crippen molar-refractivity contribution >= 4 is 5.57 Å². The summed E-state index contributed by atoms with van der Waals surface area (Å²) >= 11 is 0. The highest BCUT2D eigenvalue weighted by atomic mass is 16.7. The third kappa shape index (κ3) is 4.10. The van der Waals surface area contributed by atoms with Crippen LogP contribution >= 0.6 is 0 Å². The number of aromatic nitrogens is 1. The van der Waals surface area contributed by atoms with E-state index in [4.69, 9.17) is 9.47 Å². The maximum Gasteiger partial charge on any atom is 0.172 e. The van der Waals surface area contributed by atoms with Crippen LogP contribution in [-0.2, 0) is 16.0 Å². The SMILES string of the molecule is OC(c1cc(C2=CCC3(CC2)OCCO3)ccn1)N(O)Cc1ccccc1. The van der Waals surface area contributed by atoms with E-state index in [1.165, 1.54) is 5.57 Å². The van der Waals surface area contributed by atoms with Crippen LogP contribution in [0.5, 0.6) is 0 Å². The molecule has 1 aliphatic carbocycles. The van der Waals surface area contributed by atoms with Crippen molar-refractivity contribution in [1.82, 2.24) is 10.0 Å². The minimum atomic E-state index is -1.19. The van der Waals surface area contributed by atoms with Crippen LogP contribution in [0.25, 0.3) is 5.57 Å². The molecule has 1 aromatic heterocycles. The van der Waals surface area contributed by atoms with Crippen molar-refractivity contribution < 1.29 is 19.8 Å². The third-order valence-corrected chi connectivity index (χ3v) is 5.13. The first-order chi connectivity index (χ1) is 13.2. The van der Waals surface area contributed by atoms with E-state index in [1.54, 1.807) is 6.20 Å². The molecule has 0 bridgehead atoms. The van der Waals surface area contributed by atoms with Gasteiger partial charge in [-0.15, -0.1) is 0 Å². The summed E-state index contributed by atoms with van der Waals surface area (Å²) in [6.07, 6.45) is 5.00. The number of hydroxylamine groups is 2. The molecule has 0 amide bonds. The Bertz CT molecular complexity index is 803. The second kappa shape index (κ2) is 7.88. The van der Waals surface area contributed by atoms with Crippen molar-refractivity contribution in [2.75, 3.05) is 13.2 Å². The van der Waals surface area contributed by atoms with Gasteiger partial charge in [0.2, 0.25) is 0 Å².